The van der Waals surface area contributed by atoms with Gasteiger partial charge in [-0.2, -0.15) is 0 Å². The van der Waals surface area contributed by atoms with E-state index in [1.807, 2.05) is 57.2 Å². The molecular formula is C16H18IO3P. The quantitative estimate of drug-likeness (QED) is 0.475. The van der Waals surface area contributed by atoms with Gasteiger partial charge in [-0.15, -0.1) is 0 Å². The second kappa shape index (κ2) is 4.75. The Morgan fingerprint density at radius 3 is 1.14 bits per heavy atom. The molecule has 0 fully saturated rings. The summed E-state index contributed by atoms with van der Waals surface area (Å²) >= 11 is 2.50. The maximum absolute atomic E-state index is 6.01. The van der Waals surface area contributed by atoms with Gasteiger partial charge in [0.25, 0.3) is 0 Å². The van der Waals surface area contributed by atoms with E-state index < -0.39 is 4.25 Å². The van der Waals surface area contributed by atoms with Crippen LogP contribution in [-0.4, -0.2) is 6.66 Å². The first kappa shape index (κ1) is 14.9. The number of hydrogen-bond acceptors (Lipinski definition) is 3. The molecule has 0 aromatic carbocycles. The van der Waals surface area contributed by atoms with Crippen LogP contribution in [-0.2, 0) is 0 Å². The monoisotopic (exact) mass is 416 g/mol. The van der Waals surface area contributed by atoms with Crippen LogP contribution >= 0.6 is 26.3 Å². The molecule has 0 spiro atoms. The van der Waals surface area contributed by atoms with E-state index in [0.29, 0.717) is 0 Å². The first-order valence-electron chi connectivity index (χ1n) is 6.74. The van der Waals surface area contributed by atoms with E-state index in [1.165, 1.54) is 0 Å². The van der Waals surface area contributed by atoms with Crippen molar-refractivity contribution in [2.24, 2.45) is 0 Å². The predicted octanol–water partition coefficient (Wildman–Crippen LogP) is 4.20. The topological polar surface area (TPSA) is 39.4 Å². The Kier molecular flexibility index (Phi) is 3.37. The molecule has 0 amide bonds. The average Bonchev–Trinajstić information content (AvgIpc) is 3.11. The van der Waals surface area contributed by atoms with E-state index in [4.69, 9.17) is 13.3 Å². The Labute approximate surface area is 137 Å². The van der Waals surface area contributed by atoms with Gasteiger partial charge in [0.05, 0.1) is 0 Å². The molecule has 3 aromatic rings. The fraction of sp³-hybridized carbons (Fsp3) is 0.250. The molecule has 0 N–H and O–H groups in total. The number of rotatable bonds is 3. The molecular weight excluding hydrogens is 398 g/mol. The predicted molar refractivity (Wildman–Crippen MR) is 96.1 cm³/mol. The van der Waals surface area contributed by atoms with Crippen molar-refractivity contribution in [3.63, 3.8) is 0 Å². The van der Waals surface area contributed by atoms with Crippen LogP contribution in [0.2, 0.25) is 0 Å². The molecule has 0 aliphatic heterocycles. The number of halogens is 1. The molecule has 3 heterocycles. The second-order valence-electron chi connectivity index (χ2n) is 5.58. The zero-order chi connectivity index (χ0) is 15.3. The van der Waals surface area contributed by atoms with Gasteiger partial charge in [-0.1, -0.05) is 0 Å². The molecule has 0 aliphatic rings. The van der Waals surface area contributed by atoms with E-state index in [1.54, 1.807) is 0 Å². The molecule has 21 heavy (non-hydrogen) atoms. The van der Waals surface area contributed by atoms with Gasteiger partial charge in [-0.05, 0) is 0 Å². The van der Waals surface area contributed by atoms with Crippen molar-refractivity contribution in [3.8, 4) is 0 Å². The van der Waals surface area contributed by atoms with Gasteiger partial charge in [0.1, 0.15) is 0 Å². The van der Waals surface area contributed by atoms with Crippen LogP contribution in [0.15, 0.2) is 49.6 Å². The van der Waals surface area contributed by atoms with Crippen molar-refractivity contribution in [2.75, 3.05) is 6.66 Å². The minimum atomic E-state index is -2.84. The van der Waals surface area contributed by atoms with Crippen molar-refractivity contribution < 1.29 is 13.3 Å². The summed E-state index contributed by atoms with van der Waals surface area (Å²) in [6.45, 7) is 8.06. The number of hydrogen-bond donors (Lipinski definition) is 0. The van der Waals surface area contributed by atoms with Crippen LogP contribution in [0.25, 0.3) is 0 Å². The third kappa shape index (κ3) is 2.20. The number of aryl methyl sites for hydroxylation is 3. The molecule has 112 valence electrons. The third-order valence-electron chi connectivity index (χ3n) is 3.75. The summed E-state index contributed by atoms with van der Waals surface area (Å²) in [5.41, 5.74) is 2.76. The third-order valence-corrected chi connectivity index (χ3v) is 11.9. The molecule has 0 saturated carbocycles. The van der Waals surface area contributed by atoms with Gasteiger partial charge >= 0.3 is 137 Å². The van der Waals surface area contributed by atoms with Gasteiger partial charge in [-0.25, -0.2) is 0 Å². The summed E-state index contributed by atoms with van der Waals surface area (Å²) in [6, 6.07) is 12.1. The molecule has 0 unspecified atom stereocenters. The van der Waals surface area contributed by atoms with Crippen molar-refractivity contribution in [3.05, 3.63) is 53.7 Å². The normalized spacial score (nSPS) is 14.0. The fourth-order valence-electron chi connectivity index (χ4n) is 2.45. The van der Waals surface area contributed by atoms with Gasteiger partial charge in [0.15, 0.2) is 0 Å². The number of furan rings is 3. The van der Waals surface area contributed by atoms with Crippen LogP contribution in [0.1, 0.15) is 17.3 Å². The molecule has 0 bridgehead atoms. The standard InChI is InChI=1S/C16H18IO3P/c1-11-5-8-14(18-11)21(4,17,15-9-6-12(2)19-15)16-10-7-13(3)20-16/h5-10H,1-4H3. The average molecular weight is 416 g/mol. The van der Waals surface area contributed by atoms with E-state index in [2.05, 4.69) is 28.7 Å². The summed E-state index contributed by atoms with van der Waals surface area (Å²) in [4.78, 5) is 0. The zero-order valence-electron chi connectivity index (χ0n) is 12.5. The van der Waals surface area contributed by atoms with Crippen LogP contribution < -0.4 is 16.5 Å². The van der Waals surface area contributed by atoms with Gasteiger partial charge < -0.3 is 0 Å². The Morgan fingerprint density at radius 2 is 0.952 bits per heavy atom. The molecule has 0 radical (unpaired) electrons. The molecule has 0 aliphatic carbocycles. The first-order chi connectivity index (χ1) is 9.80. The van der Waals surface area contributed by atoms with Crippen LogP contribution in [0.5, 0.6) is 0 Å². The van der Waals surface area contributed by atoms with Crippen LogP contribution in [0.4, 0.5) is 0 Å². The van der Waals surface area contributed by atoms with Crippen LogP contribution in [0.3, 0.4) is 0 Å². The molecule has 0 saturated heterocycles. The fourth-order valence-corrected chi connectivity index (χ4v) is 7.80. The van der Waals surface area contributed by atoms with Crippen molar-refractivity contribution in [1.82, 2.24) is 0 Å². The Hall–Kier alpha value is -1.00. The minimum absolute atomic E-state index is 0.893. The van der Waals surface area contributed by atoms with Crippen molar-refractivity contribution in [2.45, 2.75) is 20.8 Å². The zero-order valence-corrected chi connectivity index (χ0v) is 15.6. The van der Waals surface area contributed by atoms with E-state index in [-0.39, 0.29) is 0 Å². The van der Waals surface area contributed by atoms with Gasteiger partial charge in [0, 0.05) is 0 Å². The van der Waals surface area contributed by atoms with Crippen molar-refractivity contribution in [1.29, 1.82) is 0 Å². The Balaban J connectivity index is 2.34. The summed E-state index contributed by atoms with van der Waals surface area (Å²) in [7, 11) is 0. The van der Waals surface area contributed by atoms with Crippen molar-refractivity contribution >= 4 is 42.8 Å². The van der Waals surface area contributed by atoms with E-state index in [9.17, 15) is 0 Å². The summed E-state index contributed by atoms with van der Waals surface area (Å²) in [5.74, 6) is 2.68. The Bertz CT molecular complexity index is 689. The summed E-state index contributed by atoms with van der Waals surface area (Å²) in [6.07, 6.45) is 0. The Morgan fingerprint density at radius 1 is 0.667 bits per heavy atom. The first-order valence-corrected chi connectivity index (χ1v) is 12.2. The molecule has 3 aromatic heterocycles. The van der Waals surface area contributed by atoms with Crippen LogP contribution in [0, 0.1) is 20.8 Å². The molecule has 5 heteroatoms. The summed E-state index contributed by atoms with van der Waals surface area (Å²) in [5, 5.41) is 0. The molecule has 3 nitrogen and oxygen atoms in total. The van der Waals surface area contributed by atoms with E-state index in [0.717, 1.165) is 33.8 Å². The SMILES string of the molecule is Cc1ccc(P(C)(I)(c2ccc(C)o2)c2ccc(C)o2)o1. The maximum atomic E-state index is 6.01. The van der Waals surface area contributed by atoms with Gasteiger partial charge in [0.2, 0.25) is 0 Å². The summed E-state index contributed by atoms with van der Waals surface area (Å²) < 4.78 is 15.2. The van der Waals surface area contributed by atoms with Gasteiger partial charge in [-0.3, -0.25) is 0 Å². The second-order valence-corrected chi connectivity index (χ2v) is 17.0. The molecule has 0 atom stereocenters. The van der Waals surface area contributed by atoms with E-state index >= 15 is 0 Å². The molecule has 3 rings (SSSR count).